The first-order valence-corrected chi connectivity index (χ1v) is 13.9. The minimum absolute atomic E-state index is 0.0779. The number of benzene rings is 3. The zero-order valence-corrected chi connectivity index (χ0v) is 22.9. The van der Waals surface area contributed by atoms with Crippen LogP contribution in [0.25, 0.3) is 16.3 Å². The van der Waals surface area contributed by atoms with Gasteiger partial charge in [0.15, 0.2) is 5.13 Å². The second-order valence-electron chi connectivity index (χ2n) is 7.57. The van der Waals surface area contributed by atoms with Crippen LogP contribution in [-0.2, 0) is 9.59 Å². The molecule has 176 valence electrons. The smallest absolute Gasteiger partial charge is 0.275 e. The predicted molar refractivity (Wildman–Crippen MR) is 150 cm³/mol. The number of hydrogen-bond acceptors (Lipinski definition) is 6. The molecule has 5 rings (SSSR count). The summed E-state index contributed by atoms with van der Waals surface area (Å²) < 4.78 is 2.79. The van der Waals surface area contributed by atoms with Gasteiger partial charge < -0.3 is 5.32 Å². The molecule has 0 spiro atoms. The maximum atomic E-state index is 13.4. The van der Waals surface area contributed by atoms with Crippen LogP contribution in [0.4, 0.5) is 5.13 Å². The van der Waals surface area contributed by atoms with Crippen LogP contribution in [0.15, 0.2) is 86.6 Å². The fourth-order valence-corrected chi connectivity index (χ4v) is 6.73. The van der Waals surface area contributed by atoms with Gasteiger partial charge in [-0.2, -0.15) is 0 Å². The average molecular weight is 630 g/mol. The Bertz CT molecular complexity index is 1420. The summed E-state index contributed by atoms with van der Waals surface area (Å²) in [6.07, 6.45) is 1.86. The van der Waals surface area contributed by atoms with E-state index in [0.717, 1.165) is 30.3 Å². The van der Waals surface area contributed by atoms with Gasteiger partial charge in [-0.25, -0.2) is 10.4 Å². The van der Waals surface area contributed by atoms with Crippen molar-refractivity contribution < 1.29 is 9.59 Å². The van der Waals surface area contributed by atoms with Crippen LogP contribution in [0, 0.1) is 0 Å². The highest BCUT2D eigenvalue weighted by Gasteiger charge is 2.38. The van der Waals surface area contributed by atoms with Gasteiger partial charge in [-0.05, 0) is 35.9 Å². The first kappa shape index (κ1) is 24.2. The van der Waals surface area contributed by atoms with Crippen LogP contribution in [0.1, 0.15) is 16.5 Å². The maximum absolute atomic E-state index is 13.4. The third kappa shape index (κ3) is 5.36. The molecule has 1 fully saturated rings. The van der Waals surface area contributed by atoms with Crippen molar-refractivity contribution in [1.29, 1.82) is 0 Å². The quantitative estimate of drug-likeness (QED) is 0.236. The van der Waals surface area contributed by atoms with Gasteiger partial charge in [-0.1, -0.05) is 103 Å². The zero-order chi connectivity index (χ0) is 24.4. The van der Waals surface area contributed by atoms with Crippen LogP contribution >= 0.6 is 55.0 Å². The summed E-state index contributed by atoms with van der Waals surface area (Å²) in [6, 6.07) is 23.2. The van der Waals surface area contributed by atoms with Crippen molar-refractivity contribution in [3.05, 3.63) is 97.8 Å². The Kier molecular flexibility index (Phi) is 7.35. The number of hydrogen-bond donors (Lipinski definition) is 2. The van der Waals surface area contributed by atoms with Gasteiger partial charge in [-0.3, -0.25) is 14.6 Å². The van der Waals surface area contributed by atoms with Gasteiger partial charge >= 0.3 is 0 Å². The van der Waals surface area contributed by atoms with Gasteiger partial charge in [0.1, 0.15) is 5.37 Å². The highest BCUT2D eigenvalue weighted by Crippen LogP contribution is 2.47. The molecule has 1 aliphatic rings. The summed E-state index contributed by atoms with van der Waals surface area (Å²) in [5.41, 5.74) is 5.72. The van der Waals surface area contributed by atoms with Crippen molar-refractivity contribution >= 4 is 88.2 Å². The van der Waals surface area contributed by atoms with Crippen LogP contribution in [0.2, 0.25) is 0 Å². The van der Waals surface area contributed by atoms with E-state index in [2.05, 4.69) is 47.6 Å². The number of para-hydroxylation sites is 1. The SMILES string of the molecule is O=C(CNN1C(=O)/C(=C/c2ccccc2Br)SC1c1ccccc1Br)Nc1nc2ccccc2s1. The van der Waals surface area contributed by atoms with Crippen molar-refractivity contribution in [3.8, 4) is 0 Å². The number of thiazole rings is 1. The number of halogens is 2. The number of aromatic nitrogens is 1. The highest BCUT2D eigenvalue weighted by molar-refractivity contribution is 9.10. The molecule has 35 heavy (non-hydrogen) atoms. The summed E-state index contributed by atoms with van der Waals surface area (Å²) in [7, 11) is 0. The Morgan fingerprint density at radius 3 is 2.49 bits per heavy atom. The molecule has 1 aliphatic heterocycles. The fraction of sp³-hybridized carbons (Fsp3) is 0.0800. The van der Waals surface area contributed by atoms with Crippen molar-refractivity contribution in [2.45, 2.75) is 5.37 Å². The largest absolute Gasteiger partial charge is 0.301 e. The molecule has 0 aliphatic carbocycles. The van der Waals surface area contributed by atoms with E-state index >= 15 is 0 Å². The Labute approximate surface area is 227 Å². The molecule has 10 heteroatoms. The predicted octanol–water partition coefficient (Wildman–Crippen LogP) is 6.58. The molecule has 1 saturated heterocycles. The molecule has 0 saturated carbocycles. The lowest BCUT2D eigenvalue weighted by Crippen LogP contribution is -2.44. The molecule has 2 heterocycles. The van der Waals surface area contributed by atoms with E-state index in [1.807, 2.05) is 78.9 Å². The first-order valence-electron chi connectivity index (χ1n) is 10.6. The lowest BCUT2D eigenvalue weighted by molar-refractivity contribution is -0.130. The number of nitrogens with zero attached hydrogens (tertiary/aromatic N) is 2. The molecule has 1 aromatic heterocycles. The standard InChI is InChI=1S/C25H18Br2N4O2S2/c26-17-9-3-1-7-15(17)13-21-23(33)31(24(34-21)16-8-2-4-10-18(16)27)28-14-22(32)30-25-29-19-11-5-6-12-20(19)35-25/h1-13,24,28H,14H2,(H,29,30,32)/b21-13-. The van der Waals surface area contributed by atoms with Crippen molar-refractivity contribution in [2.75, 3.05) is 11.9 Å². The summed E-state index contributed by atoms with van der Waals surface area (Å²) in [6.45, 7) is -0.0779. The lowest BCUT2D eigenvalue weighted by atomic mass is 10.2. The summed E-state index contributed by atoms with van der Waals surface area (Å²) >= 11 is 10.00. The van der Waals surface area contributed by atoms with E-state index in [0.29, 0.717) is 10.0 Å². The number of carbonyl (C=O) groups excluding carboxylic acids is 2. The lowest BCUT2D eigenvalue weighted by Gasteiger charge is -2.24. The molecule has 2 amide bonds. The number of hydrazine groups is 1. The third-order valence-electron chi connectivity index (χ3n) is 5.22. The van der Waals surface area contributed by atoms with Gasteiger partial charge in [-0.15, -0.1) is 0 Å². The average Bonchev–Trinajstić information content (AvgIpc) is 3.39. The van der Waals surface area contributed by atoms with Gasteiger partial charge in [0, 0.05) is 14.5 Å². The summed E-state index contributed by atoms with van der Waals surface area (Å²) in [5, 5.41) is 4.52. The van der Waals surface area contributed by atoms with E-state index in [1.54, 1.807) is 0 Å². The third-order valence-corrected chi connectivity index (χ3v) is 8.85. The van der Waals surface area contributed by atoms with Gasteiger partial charge in [0.2, 0.25) is 5.91 Å². The molecule has 6 nitrogen and oxygen atoms in total. The molecule has 0 bridgehead atoms. The maximum Gasteiger partial charge on any atom is 0.275 e. The van der Waals surface area contributed by atoms with E-state index in [-0.39, 0.29) is 23.7 Å². The molecule has 1 unspecified atom stereocenters. The summed E-state index contributed by atoms with van der Waals surface area (Å²) in [4.78, 5) is 31.1. The monoisotopic (exact) mass is 628 g/mol. The highest BCUT2D eigenvalue weighted by atomic mass is 79.9. The van der Waals surface area contributed by atoms with E-state index in [4.69, 9.17) is 0 Å². The van der Waals surface area contributed by atoms with Crippen molar-refractivity contribution in [1.82, 2.24) is 15.4 Å². The molecule has 4 aromatic rings. The van der Waals surface area contributed by atoms with Crippen molar-refractivity contribution in [2.24, 2.45) is 0 Å². The summed E-state index contributed by atoms with van der Waals surface area (Å²) in [5.74, 6) is -0.477. The number of carbonyl (C=O) groups is 2. The Morgan fingerprint density at radius 1 is 1.00 bits per heavy atom. The number of nitrogens with one attached hydrogen (secondary N) is 2. The second kappa shape index (κ2) is 10.6. The van der Waals surface area contributed by atoms with Gasteiger partial charge in [0.05, 0.1) is 21.7 Å². The first-order chi connectivity index (χ1) is 17.0. The number of fused-ring (bicyclic) bond motifs is 1. The molecular formula is C25H18Br2N4O2S2. The normalized spacial score (nSPS) is 16.9. The topological polar surface area (TPSA) is 74.3 Å². The van der Waals surface area contributed by atoms with E-state index < -0.39 is 0 Å². The van der Waals surface area contributed by atoms with Crippen molar-refractivity contribution in [3.63, 3.8) is 0 Å². The van der Waals surface area contributed by atoms with E-state index in [9.17, 15) is 9.59 Å². The van der Waals surface area contributed by atoms with E-state index in [1.165, 1.54) is 28.1 Å². The molecular weight excluding hydrogens is 612 g/mol. The number of anilines is 1. The van der Waals surface area contributed by atoms with Crippen LogP contribution in [0.3, 0.4) is 0 Å². The minimum Gasteiger partial charge on any atom is -0.301 e. The van der Waals surface area contributed by atoms with Gasteiger partial charge in [0.25, 0.3) is 5.91 Å². The Hall–Kier alpha value is -2.50. The van der Waals surface area contributed by atoms with Crippen LogP contribution in [0.5, 0.6) is 0 Å². The van der Waals surface area contributed by atoms with Crippen LogP contribution < -0.4 is 10.7 Å². The minimum atomic E-state index is -0.345. The second-order valence-corrected chi connectivity index (χ2v) is 11.4. The zero-order valence-electron chi connectivity index (χ0n) is 18.1. The fourth-order valence-electron chi connectivity index (χ4n) is 3.56. The number of thioether (sulfide) groups is 1. The number of amides is 2. The Morgan fingerprint density at radius 2 is 1.71 bits per heavy atom. The van der Waals surface area contributed by atoms with Crippen LogP contribution in [-0.4, -0.2) is 28.4 Å². The molecule has 2 N–H and O–H groups in total. The molecule has 1 atom stereocenters. The number of rotatable bonds is 6. The Balaban J connectivity index is 1.36. The molecule has 0 radical (unpaired) electrons. The molecule has 3 aromatic carbocycles.